The predicted octanol–water partition coefficient (Wildman–Crippen LogP) is 4.70. The van der Waals surface area contributed by atoms with Gasteiger partial charge in [-0.05, 0) is 55.3 Å². The number of hydrogen-bond donors (Lipinski definition) is 2. The lowest BCUT2D eigenvalue weighted by molar-refractivity contribution is -0.113. The number of anilines is 2. The summed E-state index contributed by atoms with van der Waals surface area (Å²) in [6.07, 6.45) is 0. The number of pyridine rings is 1. The Morgan fingerprint density at radius 1 is 1.09 bits per heavy atom. The molecule has 3 rings (SSSR count). The molecule has 2 aromatic carbocycles. The molecule has 168 valence electrons. The number of para-hydroxylation sites is 1. The van der Waals surface area contributed by atoms with Crippen molar-refractivity contribution in [3.05, 3.63) is 82.5 Å². The number of nitrogens with zero attached hydrogens (tertiary/aromatic N) is 2. The molecule has 0 aliphatic carbocycles. The number of aromatic nitrogens is 1. The van der Waals surface area contributed by atoms with Crippen LogP contribution >= 0.6 is 11.8 Å². The van der Waals surface area contributed by atoms with E-state index < -0.39 is 0 Å². The topological polar surface area (TPSA) is 104 Å². The summed E-state index contributed by atoms with van der Waals surface area (Å²) in [5.74, 6) is -0.595. The molecule has 0 radical (unpaired) electrons. The molecule has 33 heavy (non-hydrogen) atoms. The highest BCUT2D eigenvalue weighted by Gasteiger charge is 2.16. The van der Waals surface area contributed by atoms with E-state index in [1.807, 2.05) is 38.1 Å². The molecule has 0 bridgehead atoms. The lowest BCUT2D eigenvalue weighted by atomic mass is 10.1. The molecule has 0 spiro atoms. The molecular weight excluding hydrogens is 436 g/mol. The number of rotatable bonds is 8. The van der Waals surface area contributed by atoms with Gasteiger partial charge in [0.15, 0.2) is 0 Å². The molecule has 0 fully saturated rings. The number of amides is 2. The Morgan fingerprint density at radius 3 is 2.61 bits per heavy atom. The van der Waals surface area contributed by atoms with E-state index in [0.717, 1.165) is 16.8 Å². The number of carbonyl (C=O) groups excluding carboxylic acids is 2. The van der Waals surface area contributed by atoms with Crippen molar-refractivity contribution >= 4 is 35.0 Å². The fourth-order valence-corrected chi connectivity index (χ4v) is 4.10. The van der Waals surface area contributed by atoms with Crippen molar-refractivity contribution in [3.63, 3.8) is 0 Å². The van der Waals surface area contributed by atoms with Gasteiger partial charge in [0.05, 0.1) is 29.2 Å². The number of aryl methyl sites for hydroxylation is 2. The molecule has 0 saturated carbocycles. The molecule has 2 N–H and O–H groups in total. The van der Waals surface area contributed by atoms with Gasteiger partial charge in [-0.3, -0.25) is 9.59 Å². The minimum Gasteiger partial charge on any atom is -0.380 e. The molecule has 3 aromatic rings. The van der Waals surface area contributed by atoms with Crippen molar-refractivity contribution < 1.29 is 14.3 Å². The van der Waals surface area contributed by atoms with E-state index in [1.54, 1.807) is 37.4 Å². The van der Waals surface area contributed by atoms with E-state index in [2.05, 4.69) is 21.7 Å². The lowest BCUT2D eigenvalue weighted by Crippen LogP contribution is -2.19. The SMILES string of the molecule is COCc1cc(C)nc(SCC(=O)Nc2ccccc2C(=O)Nc2cccc(C)c2)c1C#N. The molecule has 0 aliphatic heterocycles. The Morgan fingerprint density at radius 2 is 1.88 bits per heavy atom. The van der Waals surface area contributed by atoms with Gasteiger partial charge in [0.1, 0.15) is 11.1 Å². The molecule has 2 amide bonds. The fraction of sp³-hybridized carbons (Fsp3) is 0.200. The summed E-state index contributed by atoms with van der Waals surface area (Å²) in [5, 5.41) is 15.7. The number of benzene rings is 2. The maximum absolute atomic E-state index is 12.8. The molecule has 8 heteroatoms. The lowest BCUT2D eigenvalue weighted by Gasteiger charge is -2.12. The standard InChI is InChI=1S/C25H24N4O3S/c1-16-7-6-8-19(11-16)28-24(31)20-9-4-5-10-22(20)29-23(30)15-33-25-21(13-26)18(14-32-3)12-17(2)27-25/h4-12H,14-15H2,1-3H3,(H,28,31)(H,29,30). The van der Waals surface area contributed by atoms with Gasteiger partial charge in [-0.1, -0.05) is 36.0 Å². The van der Waals surface area contributed by atoms with Crippen LogP contribution in [0.3, 0.4) is 0 Å². The van der Waals surface area contributed by atoms with Gasteiger partial charge in [0, 0.05) is 18.5 Å². The molecule has 1 heterocycles. The maximum atomic E-state index is 12.8. The quantitative estimate of drug-likeness (QED) is 0.472. The van der Waals surface area contributed by atoms with Crippen LogP contribution in [0.2, 0.25) is 0 Å². The van der Waals surface area contributed by atoms with E-state index in [1.165, 1.54) is 11.8 Å². The summed E-state index contributed by atoms with van der Waals surface area (Å²) in [5.41, 5.74) is 4.34. The van der Waals surface area contributed by atoms with Crippen molar-refractivity contribution in [3.8, 4) is 6.07 Å². The molecule has 0 unspecified atom stereocenters. The van der Waals surface area contributed by atoms with Crippen LogP contribution in [0.4, 0.5) is 11.4 Å². The van der Waals surface area contributed by atoms with Gasteiger partial charge in [-0.25, -0.2) is 4.98 Å². The van der Waals surface area contributed by atoms with Gasteiger partial charge < -0.3 is 15.4 Å². The van der Waals surface area contributed by atoms with Crippen LogP contribution in [0.5, 0.6) is 0 Å². The number of carbonyl (C=O) groups is 2. The fourth-order valence-electron chi connectivity index (χ4n) is 3.23. The summed E-state index contributed by atoms with van der Waals surface area (Å²) in [7, 11) is 1.56. The van der Waals surface area contributed by atoms with Crippen molar-refractivity contribution in [1.82, 2.24) is 4.98 Å². The number of nitriles is 1. The van der Waals surface area contributed by atoms with Gasteiger partial charge in [0.25, 0.3) is 5.91 Å². The zero-order chi connectivity index (χ0) is 23.8. The van der Waals surface area contributed by atoms with E-state index in [0.29, 0.717) is 27.5 Å². The second-order valence-corrected chi connectivity index (χ2v) is 8.32. The first-order valence-corrected chi connectivity index (χ1v) is 11.2. The summed E-state index contributed by atoms with van der Waals surface area (Å²) in [6, 6.07) is 18.3. The molecular formula is C25H24N4O3S. The second-order valence-electron chi connectivity index (χ2n) is 7.35. The highest BCUT2D eigenvalue weighted by molar-refractivity contribution is 8.00. The van der Waals surface area contributed by atoms with Gasteiger partial charge in [-0.2, -0.15) is 5.26 Å². The molecule has 0 atom stereocenters. The number of methoxy groups -OCH3 is 1. The highest BCUT2D eigenvalue weighted by Crippen LogP contribution is 2.25. The Bertz CT molecular complexity index is 1220. The Labute approximate surface area is 197 Å². The van der Waals surface area contributed by atoms with Crippen LogP contribution in [0.15, 0.2) is 59.6 Å². The molecule has 0 aliphatic rings. The third-order valence-electron chi connectivity index (χ3n) is 4.67. The molecule has 0 saturated heterocycles. The zero-order valence-electron chi connectivity index (χ0n) is 18.6. The van der Waals surface area contributed by atoms with Crippen LogP contribution < -0.4 is 10.6 Å². The minimum atomic E-state index is -0.319. The average Bonchev–Trinajstić information content (AvgIpc) is 2.78. The van der Waals surface area contributed by atoms with E-state index in [4.69, 9.17) is 4.74 Å². The minimum absolute atomic E-state index is 0.0331. The Hall–Kier alpha value is -3.67. The number of nitrogens with one attached hydrogen (secondary N) is 2. The maximum Gasteiger partial charge on any atom is 0.257 e. The van der Waals surface area contributed by atoms with Crippen LogP contribution in [0, 0.1) is 25.2 Å². The summed E-state index contributed by atoms with van der Waals surface area (Å²) >= 11 is 1.17. The predicted molar refractivity (Wildman–Crippen MR) is 129 cm³/mol. The van der Waals surface area contributed by atoms with E-state index >= 15 is 0 Å². The summed E-state index contributed by atoms with van der Waals surface area (Å²) in [6.45, 7) is 4.06. The van der Waals surface area contributed by atoms with Crippen molar-refractivity contribution in [1.29, 1.82) is 5.26 Å². The first-order chi connectivity index (χ1) is 15.9. The van der Waals surface area contributed by atoms with Gasteiger partial charge in [0.2, 0.25) is 5.91 Å². The number of thioether (sulfide) groups is 1. The number of ether oxygens (including phenoxy) is 1. The average molecular weight is 461 g/mol. The van der Waals surface area contributed by atoms with Crippen molar-refractivity contribution in [2.45, 2.75) is 25.5 Å². The van der Waals surface area contributed by atoms with Crippen LogP contribution in [0.25, 0.3) is 0 Å². The Balaban J connectivity index is 1.71. The molecule has 7 nitrogen and oxygen atoms in total. The monoisotopic (exact) mass is 460 g/mol. The van der Waals surface area contributed by atoms with Crippen LogP contribution in [-0.2, 0) is 16.1 Å². The molecule has 1 aromatic heterocycles. The van der Waals surface area contributed by atoms with Gasteiger partial charge >= 0.3 is 0 Å². The van der Waals surface area contributed by atoms with Crippen molar-refractivity contribution in [2.75, 3.05) is 23.5 Å². The second kappa shape index (κ2) is 11.3. The van der Waals surface area contributed by atoms with Crippen LogP contribution in [-0.4, -0.2) is 29.7 Å². The third kappa shape index (κ3) is 6.42. The summed E-state index contributed by atoms with van der Waals surface area (Å²) in [4.78, 5) is 29.9. The first-order valence-electron chi connectivity index (χ1n) is 10.2. The number of hydrogen-bond acceptors (Lipinski definition) is 6. The third-order valence-corrected chi connectivity index (χ3v) is 5.64. The smallest absolute Gasteiger partial charge is 0.257 e. The normalized spacial score (nSPS) is 10.4. The van der Waals surface area contributed by atoms with Gasteiger partial charge in [-0.15, -0.1) is 0 Å². The zero-order valence-corrected chi connectivity index (χ0v) is 19.5. The van der Waals surface area contributed by atoms with E-state index in [-0.39, 0.29) is 24.2 Å². The highest BCUT2D eigenvalue weighted by atomic mass is 32.2. The largest absolute Gasteiger partial charge is 0.380 e. The summed E-state index contributed by atoms with van der Waals surface area (Å²) < 4.78 is 5.16. The Kier molecular flexibility index (Phi) is 8.19. The first kappa shape index (κ1) is 24.0. The van der Waals surface area contributed by atoms with E-state index in [9.17, 15) is 14.9 Å². The van der Waals surface area contributed by atoms with Crippen molar-refractivity contribution in [2.24, 2.45) is 0 Å². The van der Waals surface area contributed by atoms with Crippen LogP contribution in [0.1, 0.15) is 32.7 Å².